The standard InChI is InChI=1S/C19H17ClF3N3O2S/c1-18(2)11-24-17(29-18)26(16(27)25-13-5-3-4-12(20)10-13)14-6-8-15(9-7-14)28-19(21,22)23/h3-10H,11H2,1-2H3,(H,25,27). The Bertz CT molecular complexity index is 933. The number of amides is 2. The van der Waals surface area contributed by atoms with Crippen molar-refractivity contribution in [1.82, 2.24) is 0 Å². The van der Waals surface area contributed by atoms with E-state index in [1.54, 1.807) is 24.3 Å². The van der Waals surface area contributed by atoms with Crippen LogP contribution in [0.2, 0.25) is 5.02 Å². The third-order valence-corrected chi connectivity index (χ3v) is 5.17. The Labute approximate surface area is 174 Å². The van der Waals surface area contributed by atoms with Gasteiger partial charge >= 0.3 is 12.4 Å². The summed E-state index contributed by atoms with van der Waals surface area (Å²) in [4.78, 5) is 18.8. The first-order valence-corrected chi connectivity index (χ1v) is 9.68. The summed E-state index contributed by atoms with van der Waals surface area (Å²) in [6.45, 7) is 4.48. The van der Waals surface area contributed by atoms with Crippen LogP contribution >= 0.6 is 23.4 Å². The van der Waals surface area contributed by atoms with Crippen molar-refractivity contribution in [2.24, 2.45) is 4.99 Å². The highest BCUT2D eigenvalue weighted by molar-refractivity contribution is 8.15. The van der Waals surface area contributed by atoms with E-state index in [9.17, 15) is 18.0 Å². The Balaban J connectivity index is 1.88. The second-order valence-corrected chi connectivity index (χ2v) is 8.89. The lowest BCUT2D eigenvalue weighted by atomic mass is 10.2. The molecule has 0 aliphatic carbocycles. The lowest BCUT2D eigenvalue weighted by Gasteiger charge is -2.24. The number of ether oxygens (including phenoxy) is 1. The van der Waals surface area contributed by atoms with Crippen LogP contribution in [0.3, 0.4) is 0 Å². The van der Waals surface area contributed by atoms with E-state index < -0.39 is 12.4 Å². The quantitative estimate of drug-likeness (QED) is 0.618. The number of carbonyl (C=O) groups excluding carboxylic acids is 1. The van der Waals surface area contributed by atoms with E-state index in [1.165, 1.54) is 28.8 Å². The van der Waals surface area contributed by atoms with E-state index in [4.69, 9.17) is 11.6 Å². The topological polar surface area (TPSA) is 53.9 Å². The summed E-state index contributed by atoms with van der Waals surface area (Å²) in [6.07, 6.45) is -4.79. The zero-order chi connectivity index (χ0) is 21.2. The Kier molecular flexibility index (Phi) is 6.00. The number of thioether (sulfide) groups is 1. The average Bonchev–Trinajstić information content (AvgIpc) is 2.95. The lowest BCUT2D eigenvalue weighted by Crippen LogP contribution is -2.38. The molecule has 2 amide bonds. The van der Waals surface area contributed by atoms with Crippen molar-refractivity contribution in [3.05, 3.63) is 53.6 Å². The number of nitrogens with one attached hydrogen (secondary N) is 1. The van der Waals surface area contributed by atoms with Crippen LogP contribution < -0.4 is 15.0 Å². The van der Waals surface area contributed by atoms with E-state index >= 15 is 0 Å². The normalized spacial score (nSPS) is 15.6. The smallest absolute Gasteiger partial charge is 0.406 e. The summed E-state index contributed by atoms with van der Waals surface area (Å²) in [6, 6.07) is 11.1. The van der Waals surface area contributed by atoms with Crippen molar-refractivity contribution in [1.29, 1.82) is 0 Å². The molecule has 0 unspecified atom stereocenters. The van der Waals surface area contributed by atoms with Crippen LogP contribution in [0.25, 0.3) is 0 Å². The van der Waals surface area contributed by atoms with Crippen LogP contribution in [0.5, 0.6) is 5.75 Å². The summed E-state index contributed by atoms with van der Waals surface area (Å²) in [5.74, 6) is -0.377. The molecule has 0 spiro atoms. The van der Waals surface area contributed by atoms with Crippen molar-refractivity contribution in [3.63, 3.8) is 0 Å². The Morgan fingerprint density at radius 3 is 2.48 bits per heavy atom. The van der Waals surface area contributed by atoms with Crippen molar-refractivity contribution in [2.45, 2.75) is 25.0 Å². The predicted molar refractivity (Wildman–Crippen MR) is 110 cm³/mol. The van der Waals surface area contributed by atoms with Gasteiger partial charge in [-0.15, -0.1) is 13.2 Å². The Morgan fingerprint density at radius 2 is 1.93 bits per heavy atom. The lowest BCUT2D eigenvalue weighted by molar-refractivity contribution is -0.274. The van der Waals surface area contributed by atoms with Crippen LogP contribution in [0.4, 0.5) is 29.3 Å². The van der Waals surface area contributed by atoms with Gasteiger partial charge in [-0.25, -0.2) is 9.69 Å². The molecular weight excluding hydrogens is 427 g/mol. The number of rotatable bonds is 3. The minimum absolute atomic E-state index is 0.205. The van der Waals surface area contributed by atoms with Crippen molar-refractivity contribution < 1.29 is 22.7 Å². The van der Waals surface area contributed by atoms with Crippen LogP contribution in [0.1, 0.15) is 13.8 Å². The van der Waals surface area contributed by atoms with Gasteiger partial charge in [0, 0.05) is 15.5 Å². The molecule has 1 aliphatic heterocycles. The van der Waals surface area contributed by atoms with Crippen molar-refractivity contribution >= 4 is 45.9 Å². The van der Waals surface area contributed by atoms with Gasteiger partial charge in [0.05, 0.1) is 12.2 Å². The number of urea groups is 1. The maximum atomic E-state index is 13.0. The van der Waals surface area contributed by atoms with Crippen LogP contribution in [0, 0.1) is 0 Å². The highest BCUT2D eigenvalue weighted by Gasteiger charge is 2.34. The number of nitrogens with zero attached hydrogens (tertiary/aromatic N) is 2. The fourth-order valence-electron chi connectivity index (χ4n) is 2.54. The van der Waals surface area contributed by atoms with Gasteiger partial charge in [-0.3, -0.25) is 4.99 Å². The van der Waals surface area contributed by atoms with Crippen molar-refractivity contribution in [3.8, 4) is 5.75 Å². The third-order valence-electron chi connectivity index (χ3n) is 3.76. The van der Waals surface area contributed by atoms with E-state index in [1.807, 2.05) is 13.8 Å². The highest BCUT2D eigenvalue weighted by Crippen LogP contribution is 2.36. The van der Waals surface area contributed by atoms with Gasteiger partial charge in [-0.1, -0.05) is 29.4 Å². The number of hydrogen-bond donors (Lipinski definition) is 1. The predicted octanol–water partition coefficient (Wildman–Crippen LogP) is 6.16. The second kappa shape index (κ2) is 8.16. The molecule has 29 heavy (non-hydrogen) atoms. The molecule has 154 valence electrons. The highest BCUT2D eigenvalue weighted by atomic mass is 35.5. The molecule has 0 bridgehead atoms. The number of alkyl halides is 3. The van der Waals surface area contributed by atoms with Crippen LogP contribution in [0.15, 0.2) is 53.5 Å². The molecule has 2 aromatic carbocycles. The minimum atomic E-state index is -4.79. The molecular formula is C19H17ClF3N3O2S. The largest absolute Gasteiger partial charge is 0.573 e. The van der Waals surface area contributed by atoms with Gasteiger partial charge in [0.1, 0.15) is 5.75 Å². The number of anilines is 2. The maximum absolute atomic E-state index is 13.0. The number of carbonyl (C=O) groups is 1. The number of aliphatic imine (C=N–C) groups is 1. The SMILES string of the molecule is CC1(C)CN=C(N(C(=O)Nc2cccc(Cl)c2)c2ccc(OC(F)(F)F)cc2)S1. The molecule has 10 heteroatoms. The summed E-state index contributed by atoms with van der Waals surface area (Å²) in [5, 5.41) is 3.63. The molecule has 0 atom stereocenters. The molecule has 0 radical (unpaired) electrons. The molecule has 1 aliphatic rings. The summed E-state index contributed by atoms with van der Waals surface area (Å²) in [7, 11) is 0. The molecule has 0 aromatic heterocycles. The van der Waals surface area contributed by atoms with Gasteiger partial charge in [-0.05, 0) is 56.3 Å². The molecule has 0 fully saturated rings. The molecule has 5 nitrogen and oxygen atoms in total. The zero-order valence-electron chi connectivity index (χ0n) is 15.5. The number of halogens is 4. The average molecular weight is 444 g/mol. The molecule has 0 saturated carbocycles. The Hall–Kier alpha value is -2.39. The van der Waals surface area contributed by atoms with E-state index in [2.05, 4.69) is 15.0 Å². The Morgan fingerprint density at radius 1 is 1.24 bits per heavy atom. The minimum Gasteiger partial charge on any atom is -0.406 e. The van der Waals surface area contributed by atoms with Gasteiger partial charge < -0.3 is 10.1 Å². The summed E-state index contributed by atoms with van der Waals surface area (Å²) >= 11 is 7.37. The van der Waals surface area contributed by atoms with Crippen molar-refractivity contribution in [2.75, 3.05) is 16.8 Å². The van der Waals surface area contributed by atoms with Gasteiger partial charge in [0.25, 0.3) is 0 Å². The first-order valence-electron chi connectivity index (χ1n) is 8.48. The number of amidine groups is 1. The van der Waals surface area contributed by atoms with E-state index in [0.29, 0.717) is 28.1 Å². The third kappa shape index (κ3) is 5.80. The number of hydrogen-bond acceptors (Lipinski definition) is 4. The molecule has 3 rings (SSSR count). The molecule has 0 saturated heterocycles. The van der Waals surface area contributed by atoms with Gasteiger partial charge in [0.2, 0.25) is 0 Å². The summed E-state index contributed by atoms with van der Waals surface area (Å²) in [5.41, 5.74) is 0.829. The molecule has 2 aromatic rings. The van der Waals surface area contributed by atoms with Gasteiger partial charge in [0.15, 0.2) is 5.17 Å². The van der Waals surface area contributed by atoms with E-state index in [0.717, 1.165) is 12.1 Å². The number of benzene rings is 2. The fourth-order valence-corrected chi connectivity index (χ4v) is 3.77. The van der Waals surface area contributed by atoms with E-state index in [-0.39, 0.29) is 10.5 Å². The van der Waals surface area contributed by atoms with Crippen LogP contribution in [-0.4, -0.2) is 28.9 Å². The van der Waals surface area contributed by atoms with Crippen LogP contribution in [-0.2, 0) is 0 Å². The zero-order valence-corrected chi connectivity index (χ0v) is 17.0. The molecule has 1 N–H and O–H groups in total. The first-order chi connectivity index (χ1) is 13.5. The first kappa shape index (κ1) is 21.3. The summed E-state index contributed by atoms with van der Waals surface area (Å²) < 4.78 is 40.9. The second-order valence-electron chi connectivity index (χ2n) is 6.78. The maximum Gasteiger partial charge on any atom is 0.573 e. The van der Waals surface area contributed by atoms with Gasteiger partial charge in [-0.2, -0.15) is 0 Å². The molecule has 1 heterocycles. The fraction of sp³-hybridized carbons (Fsp3) is 0.263. The monoisotopic (exact) mass is 443 g/mol.